The molecule has 7 nitrogen and oxygen atoms in total. The van der Waals surface area contributed by atoms with Crippen LogP contribution >= 0.6 is 11.8 Å². The number of anilines is 1. The summed E-state index contributed by atoms with van der Waals surface area (Å²) in [5, 5.41) is 7.53. The number of amides is 2. The number of benzene rings is 2. The molecule has 0 fully saturated rings. The molecule has 0 saturated heterocycles. The fraction of sp³-hybridized carbons (Fsp3) is 0.312. The van der Waals surface area contributed by atoms with Crippen molar-refractivity contribution in [1.29, 1.82) is 0 Å². The highest BCUT2D eigenvalue weighted by atomic mass is 32.2. The van der Waals surface area contributed by atoms with Gasteiger partial charge in [-0.1, -0.05) is 62.7 Å². The topological polar surface area (TPSA) is 80.1 Å². The first-order chi connectivity index (χ1) is 19.5. The molecular formula is C32H34FN5O2S. The SMILES string of the molecule is Cc1ccc(-n2nc(C(C)(C)C)c3c2N(CC(=O)NCc2cccnc2)C(=O)CS[C@H]3c2ccccc2F)c(C)c1. The summed E-state index contributed by atoms with van der Waals surface area (Å²) in [5.41, 5.74) is 5.29. The molecule has 0 saturated carbocycles. The van der Waals surface area contributed by atoms with Crippen molar-refractivity contribution in [2.45, 2.75) is 51.8 Å². The molecule has 1 N–H and O–H groups in total. The molecule has 5 rings (SSSR count). The Morgan fingerprint density at radius 2 is 1.90 bits per heavy atom. The van der Waals surface area contributed by atoms with Crippen LogP contribution in [0.5, 0.6) is 0 Å². The zero-order chi connectivity index (χ0) is 29.3. The molecule has 41 heavy (non-hydrogen) atoms. The Morgan fingerprint density at radius 1 is 1.12 bits per heavy atom. The van der Waals surface area contributed by atoms with E-state index in [9.17, 15) is 9.59 Å². The van der Waals surface area contributed by atoms with E-state index in [1.54, 1.807) is 35.3 Å². The predicted octanol–water partition coefficient (Wildman–Crippen LogP) is 5.81. The van der Waals surface area contributed by atoms with Crippen molar-refractivity contribution in [1.82, 2.24) is 20.1 Å². The van der Waals surface area contributed by atoms with E-state index < -0.39 is 10.7 Å². The van der Waals surface area contributed by atoms with Gasteiger partial charge in [0.2, 0.25) is 11.8 Å². The Hall–Kier alpha value is -3.98. The summed E-state index contributed by atoms with van der Waals surface area (Å²) in [6.07, 6.45) is 3.36. The molecule has 2 amide bonds. The number of aromatic nitrogens is 3. The van der Waals surface area contributed by atoms with Crippen LogP contribution in [0.15, 0.2) is 67.0 Å². The molecule has 1 aliphatic rings. The number of hydrogen-bond donors (Lipinski definition) is 1. The number of rotatable bonds is 6. The normalized spacial score (nSPS) is 15.4. The van der Waals surface area contributed by atoms with Gasteiger partial charge in [-0.05, 0) is 43.2 Å². The minimum atomic E-state index is -0.493. The number of carbonyl (C=O) groups is 2. The van der Waals surface area contributed by atoms with Crippen LogP contribution in [-0.4, -0.2) is 38.9 Å². The summed E-state index contributed by atoms with van der Waals surface area (Å²) >= 11 is 1.36. The second kappa shape index (κ2) is 11.5. The lowest BCUT2D eigenvalue weighted by atomic mass is 9.87. The third-order valence-electron chi connectivity index (χ3n) is 7.08. The van der Waals surface area contributed by atoms with E-state index in [4.69, 9.17) is 5.10 Å². The maximum Gasteiger partial charge on any atom is 0.240 e. The minimum Gasteiger partial charge on any atom is -0.350 e. The summed E-state index contributed by atoms with van der Waals surface area (Å²) in [7, 11) is 0. The van der Waals surface area contributed by atoms with Gasteiger partial charge in [0.1, 0.15) is 18.2 Å². The zero-order valence-corrected chi connectivity index (χ0v) is 24.8. The Kier molecular flexibility index (Phi) is 8.00. The van der Waals surface area contributed by atoms with E-state index in [1.807, 2.05) is 38.1 Å². The Bertz CT molecular complexity index is 1600. The fourth-order valence-electron chi connectivity index (χ4n) is 5.12. The van der Waals surface area contributed by atoms with Crippen LogP contribution in [0.25, 0.3) is 5.69 Å². The molecule has 0 radical (unpaired) electrons. The van der Waals surface area contributed by atoms with Crippen LogP contribution < -0.4 is 10.2 Å². The number of hydrogen-bond acceptors (Lipinski definition) is 5. The number of nitrogens with one attached hydrogen (secondary N) is 1. The third-order valence-corrected chi connectivity index (χ3v) is 8.32. The third kappa shape index (κ3) is 5.91. The molecular weight excluding hydrogens is 537 g/mol. The number of aryl methyl sites for hydroxylation is 2. The maximum absolute atomic E-state index is 15.3. The first-order valence-corrected chi connectivity index (χ1v) is 14.6. The Labute approximate surface area is 244 Å². The highest BCUT2D eigenvalue weighted by molar-refractivity contribution is 8.00. The van der Waals surface area contributed by atoms with Gasteiger partial charge in [0.15, 0.2) is 0 Å². The van der Waals surface area contributed by atoms with Gasteiger partial charge in [-0.25, -0.2) is 9.07 Å². The molecule has 0 unspecified atom stereocenters. The van der Waals surface area contributed by atoms with Crippen molar-refractivity contribution in [2.24, 2.45) is 0 Å². The van der Waals surface area contributed by atoms with E-state index in [2.05, 4.69) is 37.1 Å². The van der Waals surface area contributed by atoms with Crippen LogP contribution in [0.3, 0.4) is 0 Å². The molecule has 0 spiro atoms. The number of halogens is 1. The monoisotopic (exact) mass is 571 g/mol. The van der Waals surface area contributed by atoms with Crippen molar-refractivity contribution < 1.29 is 14.0 Å². The standard InChI is InChI=1S/C32H34FN5O2S/c1-20-12-13-25(21(2)15-20)38-31-28(30(36-38)32(3,4)5)29(23-10-6-7-11-24(23)33)41-19-27(40)37(31)18-26(39)35-17-22-9-8-14-34-16-22/h6-16,29H,17-19H2,1-5H3,(H,35,39)/t29-/m0/s1. The van der Waals surface area contributed by atoms with Gasteiger partial charge in [0.25, 0.3) is 0 Å². The quantitative estimate of drug-likeness (QED) is 0.316. The van der Waals surface area contributed by atoms with Gasteiger partial charge < -0.3 is 5.32 Å². The molecule has 1 atom stereocenters. The minimum absolute atomic E-state index is 0.0834. The van der Waals surface area contributed by atoms with Crippen molar-refractivity contribution in [3.05, 3.63) is 106 Å². The van der Waals surface area contributed by atoms with Gasteiger partial charge in [0.05, 0.1) is 22.4 Å². The summed E-state index contributed by atoms with van der Waals surface area (Å²) < 4.78 is 17.1. The van der Waals surface area contributed by atoms with Crippen molar-refractivity contribution in [2.75, 3.05) is 17.2 Å². The molecule has 3 heterocycles. The summed E-state index contributed by atoms with van der Waals surface area (Å²) in [4.78, 5) is 32.7. The Balaban J connectivity index is 1.69. The van der Waals surface area contributed by atoms with E-state index >= 15 is 4.39 Å². The molecule has 2 aromatic carbocycles. The lowest BCUT2D eigenvalue weighted by Gasteiger charge is -2.25. The van der Waals surface area contributed by atoms with Crippen LogP contribution in [0.1, 0.15) is 59.5 Å². The van der Waals surface area contributed by atoms with E-state index in [0.717, 1.165) is 33.6 Å². The van der Waals surface area contributed by atoms with Crippen molar-refractivity contribution >= 4 is 29.4 Å². The number of pyridine rings is 1. The second-order valence-corrected chi connectivity index (χ2v) is 12.5. The van der Waals surface area contributed by atoms with Crippen LogP contribution in [0.2, 0.25) is 0 Å². The molecule has 1 aliphatic heterocycles. The number of thioether (sulfide) groups is 1. The molecule has 0 bridgehead atoms. The second-order valence-electron chi connectivity index (χ2n) is 11.4. The van der Waals surface area contributed by atoms with Crippen LogP contribution in [-0.2, 0) is 21.5 Å². The Morgan fingerprint density at radius 3 is 2.59 bits per heavy atom. The average molecular weight is 572 g/mol. The number of carbonyl (C=O) groups excluding carboxylic acids is 2. The summed E-state index contributed by atoms with van der Waals surface area (Å²) in [6, 6.07) is 16.4. The molecule has 0 aliphatic carbocycles. The first kappa shape index (κ1) is 28.5. The van der Waals surface area contributed by atoms with Crippen LogP contribution in [0, 0.1) is 19.7 Å². The zero-order valence-electron chi connectivity index (χ0n) is 23.9. The number of nitrogens with zero attached hydrogens (tertiary/aromatic N) is 4. The summed E-state index contributed by atoms with van der Waals surface area (Å²) in [5.74, 6) is -0.307. The van der Waals surface area contributed by atoms with Gasteiger partial charge >= 0.3 is 0 Å². The van der Waals surface area contributed by atoms with E-state index in [0.29, 0.717) is 11.4 Å². The summed E-state index contributed by atoms with van der Waals surface area (Å²) in [6.45, 7) is 10.3. The average Bonchev–Trinajstić information content (AvgIpc) is 3.26. The lowest BCUT2D eigenvalue weighted by Crippen LogP contribution is -2.42. The van der Waals surface area contributed by atoms with Gasteiger partial charge in [-0.15, -0.1) is 11.8 Å². The number of fused-ring (bicyclic) bond motifs is 1. The highest BCUT2D eigenvalue weighted by Crippen LogP contribution is 2.49. The molecule has 212 valence electrons. The smallest absolute Gasteiger partial charge is 0.240 e. The lowest BCUT2D eigenvalue weighted by molar-refractivity contribution is -0.123. The molecule has 4 aromatic rings. The van der Waals surface area contributed by atoms with Crippen LogP contribution in [0.4, 0.5) is 10.2 Å². The highest BCUT2D eigenvalue weighted by Gasteiger charge is 2.40. The predicted molar refractivity (Wildman–Crippen MR) is 161 cm³/mol. The van der Waals surface area contributed by atoms with Crippen molar-refractivity contribution in [3.8, 4) is 5.69 Å². The maximum atomic E-state index is 15.3. The fourth-order valence-corrected chi connectivity index (χ4v) is 6.34. The van der Waals surface area contributed by atoms with Gasteiger partial charge in [0, 0.05) is 35.5 Å². The largest absolute Gasteiger partial charge is 0.350 e. The van der Waals surface area contributed by atoms with E-state index in [1.165, 1.54) is 22.7 Å². The van der Waals surface area contributed by atoms with Gasteiger partial charge in [-0.2, -0.15) is 5.10 Å². The molecule has 2 aromatic heterocycles. The van der Waals surface area contributed by atoms with Crippen molar-refractivity contribution in [3.63, 3.8) is 0 Å². The van der Waals surface area contributed by atoms with Gasteiger partial charge in [-0.3, -0.25) is 19.5 Å². The molecule has 9 heteroatoms. The van der Waals surface area contributed by atoms with E-state index in [-0.39, 0.29) is 36.5 Å². The first-order valence-electron chi connectivity index (χ1n) is 13.6.